The predicted octanol–water partition coefficient (Wildman–Crippen LogP) is 6.50. The molecule has 0 aromatic heterocycles. The monoisotopic (exact) mass is 778 g/mol. The fourth-order valence-corrected chi connectivity index (χ4v) is 6.94. The first-order valence-corrected chi connectivity index (χ1v) is 21.6. The van der Waals surface area contributed by atoms with Crippen molar-refractivity contribution < 1.29 is 63.1 Å². The van der Waals surface area contributed by atoms with E-state index in [0.29, 0.717) is 12.8 Å². The number of esters is 2. The van der Waals surface area contributed by atoms with Gasteiger partial charge in [0.05, 0.1) is 6.61 Å². The topological polar surface area (TPSA) is 210 Å². The van der Waals surface area contributed by atoms with E-state index in [1.165, 1.54) is 51.4 Å². The minimum atomic E-state index is -5.11. The number of aliphatic hydroxyl groups excluding tert-OH is 5. The molecule has 0 heterocycles. The van der Waals surface area contributed by atoms with E-state index < -0.39 is 75.7 Å². The SMILES string of the molecule is CCCCCC/C=C\C/C=C\CCCCCCCC(=O)OC(COC(=O)CCCCCCCCCC)COP(=O)(O)OC1C(O)C(O)C(O)C(O)C1O. The van der Waals surface area contributed by atoms with Crippen molar-refractivity contribution in [3.63, 3.8) is 0 Å². The number of ether oxygens (including phenoxy) is 2. The third kappa shape index (κ3) is 23.8. The molecule has 14 heteroatoms. The van der Waals surface area contributed by atoms with Gasteiger partial charge in [0, 0.05) is 12.8 Å². The molecule has 53 heavy (non-hydrogen) atoms. The molecule has 0 spiro atoms. The quantitative estimate of drug-likeness (QED) is 0.0187. The van der Waals surface area contributed by atoms with E-state index in [-0.39, 0.29) is 12.8 Å². The van der Waals surface area contributed by atoms with Crippen molar-refractivity contribution in [3.05, 3.63) is 24.3 Å². The summed E-state index contributed by atoms with van der Waals surface area (Å²) in [6.07, 6.45) is 16.9. The average Bonchev–Trinajstić information content (AvgIpc) is 3.13. The number of hydrogen-bond donors (Lipinski definition) is 6. The number of rotatable bonds is 32. The number of phosphoric acid groups is 1. The Morgan fingerprint density at radius 2 is 1.02 bits per heavy atom. The van der Waals surface area contributed by atoms with Gasteiger partial charge in [0.1, 0.15) is 43.2 Å². The van der Waals surface area contributed by atoms with Crippen molar-refractivity contribution in [1.82, 2.24) is 0 Å². The molecule has 6 atom stereocenters. The van der Waals surface area contributed by atoms with E-state index in [9.17, 15) is 44.6 Å². The smallest absolute Gasteiger partial charge is 0.462 e. The second-order valence-electron chi connectivity index (χ2n) is 14.1. The first kappa shape index (κ1) is 49.3. The normalized spacial score (nSPS) is 23.7. The fourth-order valence-electron chi connectivity index (χ4n) is 5.96. The van der Waals surface area contributed by atoms with Gasteiger partial charge in [0.15, 0.2) is 6.10 Å². The highest BCUT2D eigenvalue weighted by Crippen LogP contribution is 2.47. The van der Waals surface area contributed by atoms with Crippen LogP contribution >= 0.6 is 7.82 Å². The maximum atomic E-state index is 12.7. The molecule has 0 saturated heterocycles. The molecule has 13 nitrogen and oxygen atoms in total. The molecule has 0 aromatic carbocycles. The van der Waals surface area contributed by atoms with Crippen LogP contribution in [0, 0.1) is 0 Å². The fraction of sp³-hybridized carbons (Fsp3) is 0.846. The molecule has 1 rings (SSSR count). The van der Waals surface area contributed by atoms with Crippen LogP contribution in [-0.2, 0) is 32.7 Å². The summed E-state index contributed by atoms with van der Waals surface area (Å²) in [6.45, 7) is 3.20. The molecule has 0 aromatic rings. The number of carbonyl (C=O) groups is 2. The Morgan fingerprint density at radius 3 is 1.55 bits per heavy atom. The molecule has 1 aliphatic carbocycles. The Morgan fingerprint density at radius 1 is 0.585 bits per heavy atom. The highest BCUT2D eigenvalue weighted by Gasteiger charge is 2.51. The van der Waals surface area contributed by atoms with Crippen molar-refractivity contribution in [1.29, 1.82) is 0 Å². The van der Waals surface area contributed by atoms with E-state index >= 15 is 0 Å². The van der Waals surface area contributed by atoms with Crippen molar-refractivity contribution in [2.24, 2.45) is 0 Å². The Hall–Kier alpha value is -1.67. The van der Waals surface area contributed by atoms with E-state index in [4.69, 9.17) is 18.5 Å². The van der Waals surface area contributed by atoms with Crippen LogP contribution in [0.2, 0.25) is 0 Å². The summed E-state index contributed by atoms with van der Waals surface area (Å²) >= 11 is 0. The van der Waals surface area contributed by atoms with Crippen LogP contribution < -0.4 is 0 Å². The highest BCUT2D eigenvalue weighted by atomic mass is 31.2. The van der Waals surface area contributed by atoms with Gasteiger partial charge >= 0.3 is 19.8 Å². The first-order chi connectivity index (χ1) is 25.4. The number of allylic oxidation sites excluding steroid dienone is 4. The van der Waals surface area contributed by atoms with E-state index in [1.807, 2.05) is 0 Å². The van der Waals surface area contributed by atoms with Gasteiger partial charge in [0.25, 0.3) is 0 Å². The summed E-state index contributed by atoms with van der Waals surface area (Å²) in [5, 5.41) is 49.9. The largest absolute Gasteiger partial charge is 0.472 e. The van der Waals surface area contributed by atoms with E-state index in [0.717, 1.165) is 64.2 Å². The van der Waals surface area contributed by atoms with E-state index in [1.54, 1.807) is 0 Å². The lowest BCUT2D eigenvalue weighted by Crippen LogP contribution is -2.64. The molecule has 6 N–H and O–H groups in total. The summed E-state index contributed by atoms with van der Waals surface area (Å²) in [7, 11) is -5.11. The maximum absolute atomic E-state index is 12.7. The Labute approximate surface area is 317 Å². The molecule has 0 radical (unpaired) electrons. The number of phosphoric ester groups is 1. The zero-order chi connectivity index (χ0) is 39.3. The van der Waals surface area contributed by atoms with Crippen LogP contribution in [0.25, 0.3) is 0 Å². The van der Waals surface area contributed by atoms with Crippen molar-refractivity contribution >= 4 is 19.8 Å². The van der Waals surface area contributed by atoms with Gasteiger partial charge in [-0.05, 0) is 44.9 Å². The lowest BCUT2D eigenvalue weighted by molar-refractivity contribution is -0.220. The summed E-state index contributed by atoms with van der Waals surface area (Å²) in [4.78, 5) is 35.4. The summed E-state index contributed by atoms with van der Waals surface area (Å²) in [6, 6.07) is 0. The summed E-state index contributed by atoms with van der Waals surface area (Å²) < 4.78 is 33.3. The number of unbranched alkanes of at least 4 members (excludes halogenated alkanes) is 16. The molecular weight excluding hydrogens is 707 g/mol. The molecule has 0 amide bonds. The molecule has 0 bridgehead atoms. The van der Waals surface area contributed by atoms with Crippen molar-refractivity contribution in [3.8, 4) is 0 Å². The van der Waals surface area contributed by atoms with Gasteiger partial charge in [-0.1, -0.05) is 122 Å². The van der Waals surface area contributed by atoms with Crippen LogP contribution in [-0.4, -0.2) is 98.3 Å². The van der Waals surface area contributed by atoms with Crippen LogP contribution in [0.4, 0.5) is 0 Å². The zero-order valence-corrected chi connectivity index (χ0v) is 33.2. The molecule has 1 fully saturated rings. The van der Waals surface area contributed by atoms with Gasteiger partial charge in [-0.25, -0.2) is 4.57 Å². The number of aliphatic hydroxyl groups is 5. The molecule has 6 unspecified atom stereocenters. The number of hydrogen-bond acceptors (Lipinski definition) is 12. The highest BCUT2D eigenvalue weighted by molar-refractivity contribution is 7.47. The molecule has 1 aliphatic rings. The third-order valence-corrected chi connectivity index (χ3v) is 10.3. The van der Waals surface area contributed by atoms with Gasteiger partial charge in [-0.2, -0.15) is 0 Å². The van der Waals surface area contributed by atoms with Gasteiger partial charge < -0.3 is 39.9 Å². The summed E-state index contributed by atoms with van der Waals surface area (Å²) in [5.41, 5.74) is 0. The molecule has 310 valence electrons. The van der Waals surface area contributed by atoms with Crippen molar-refractivity contribution in [2.45, 2.75) is 198 Å². The Balaban J connectivity index is 2.52. The van der Waals surface area contributed by atoms with Crippen molar-refractivity contribution in [2.75, 3.05) is 13.2 Å². The summed E-state index contributed by atoms with van der Waals surface area (Å²) in [5.74, 6) is -1.12. The molecule has 0 aliphatic heterocycles. The number of carbonyl (C=O) groups excluding carboxylic acids is 2. The predicted molar refractivity (Wildman–Crippen MR) is 203 cm³/mol. The minimum absolute atomic E-state index is 0.0826. The van der Waals surface area contributed by atoms with E-state index in [2.05, 4.69) is 38.2 Å². The van der Waals surface area contributed by atoms with Crippen LogP contribution in [0.15, 0.2) is 24.3 Å². The zero-order valence-electron chi connectivity index (χ0n) is 32.3. The van der Waals surface area contributed by atoms with Crippen LogP contribution in [0.5, 0.6) is 0 Å². The Kier molecular flexibility index (Phi) is 28.4. The van der Waals surface area contributed by atoms with Crippen LogP contribution in [0.1, 0.15) is 155 Å². The minimum Gasteiger partial charge on any atom is -0.462 e. The van der Waals surface area contributed by atoms with Gasteiger partial charge in [0.2, 0.25) is 0 Å². The Bertz CT molecular complexity index is 1040. The maximum Gasteiger partial charge on any atom is 0.472 e. The van der Waals surface area contributed by atoms with Gasteiger partial charge in [-0.3, -0.25) is 18.6 Å². The lowest BCUT2D eigenvalue weighted by Gasteiger charge is -2.41. The first-order valence-electron chi connectivity index (χ1n) is 20.1. The van der Waals surface area contributed by atoms with Crippen LogP contribution in [0.3, 0.4) is 0 Å². The second kappa shape index (κ2) is 30.5. The second-order valence-corrected chi connectivity index (χ2v) is 15.5. The average molecular weight is 779 g/mol. The standard InChI is InChI=1S/C39H71O13P/c1-3-5-7-9-11-13-14-15-16-17-18-19-20-22-24-26-28-33(41)51-31(29-49-32(40)27-25-23-21-12-10-8-6-4-2)30-50-53(47,48)52-39-37(45)35(43)34(42)36(44)38(39)46/h13-14,16-17,31,34-39,42-46H,3-12,15,18-30H2,1-2H3,(H,47,48)/b14-13-,17-16-. The third-order valence-electron chi connectivity index (χ3n) is 9.30. The molecular formula is C39H71O13P. The lowest BCUT2D eigenvalue weighted by atomic mass is 9.85. The van der Waals surface area contributed by atoms with Gasteiger partial charge in [-0.15, -0.1) is 0 Å². The molecule has 1 saturated carbocycles.